The summed E-state index contributed by atoms with van der Waals surface area (Å²) < 4.78 is 15.2. The first-order valence-corrected chi connectivity index (χ1v) is 7.16. The van der Waals surface area contributed by atoms with Crippen molar-refractivity contribution >= 4 is 17.9 Å². The Balaban J connectivity index is 1.53. The van der Waals surface area contributed by atoms with Crippen molar-refractivity contribution in [3.8, 4) is 0 Å². The number of esters is 3. The highest BCUT2D eigenvalue weighted by molar-refractivity contribution is 5.88. The third-order valence-electron chi connectivity index (χ3n) is 4.76. The Morgan fingerprint density at radius 3 is 2.81 bits per heavy atom. The van der Waals surface area contributed by atoms with Crippen LogP contribution in [0.2, 0.25) is 0 Å². The van der Waals surface area contributed by atoms with Gasteiger partial charge < -0.3 is 14.2 Å². The molecule has 3 rings (SSSR count). The molecule has 0 radical (unpaired) electrons. The maximum absolute atomic E-state index is 11.7. The molecule has 0 aromatic heterocycles. The standard InChI is InChI=1S/C15H18O6/c1-7(2)14(17)20-6-12(16)21-11-4-8-3-9(11)13-10(8)5-19-15(13)18/h8-11,13H,1,3-6H2,2H3/t8-,9+,10?,11?,13?/m0/s1. The maximum Gasteiger partial charge on any atom is 0.344 e. The van der Waals surface area contributed by atoms with Crippen LogP contribution in [0.5, 0.6) is 0 Å². The largest absolute Gasteiger partial charge is 0.465 e. The molecule has 21 heavy (non-hydrogen) atoms. The van der Waals surface area contributed by atoms with Crippen molar-refractivity contribution in [1.82, 2.24) is 0 Å². The van der Waals surface area contributed by atoms with Gasteiger partial charge in [-0.1, -0.05) is 6.58 Å². The van der Waals surface area contributed by atoms with Crippen molar-refractivity contribution in [3.63, 3.8) is 0 Å². The summed E-state index contributed by atoms with van der Waals surface area (Å²) in [5.74, 6) is -0.748. The summed E-state index contributed by atoms with van der Waals surface area (Å²) in [6.07, 6.45) is 1.41. The lowest BCUT2D eigenvalue weighted by Gasteiger charge is -2.28. The van der Waals surface area contributed by atoms with Crippen LogP contribution in [0.4, 0.5) is 0 Å². The van der Waals surface area contributed by atoms with Crippen LogP contribution in [-0.4, -0.2) is 37.2 Å². The van der Waals surface area contributed by atoms with E-state index in [9.17, 15) is 14.4 Å². The Bertz CT molecular complexity index is 510. The highest BCUT2D eigenvalue weighted by Gasteiger charge is 2.60. The highest BCUT2D eigenvalue weighted by atomic mass is 16.6. The van der Waals surface area contributed by atoms with Crippen LogP contribution in [0, 0.1) is 23.7 Å². The number of cyclic esters (lactones) is 1. The first-order chi connectivity index (χ1) is 9.97. The first-order valence-electron chi connectivity index (χ1n) is 7.16. The molecule has 3 aliphatic rings. The van der Waals surface area contributed by atoms with Crippen LogP contribution >= 0.6 is 0 Å². The number of hydrogen-bond donors (Lipinski definition) is 0. The van der Waals surface area contributed by atoms with E-state index < -0.39 is 18.5 Å². The third kappa shape index (κ3) is 2.43. The van der Waals surface area contributed by atoms with Gasteiger partial charge in [-0.3, -0.25) is 4.79 Å². The summed E-state index contributed by atoms with van der Waals surface area (Å²) in [5.41, 5.74) is 0.235. The van der Waals surface area contributed by atoms with Gasteiger partial charge in [0.1, 0.15) is 6.10 Å². The second-order valence-corrected chi connectivity index (χ2v) is 6.10. The molecule has 2 bridgehead atoms. The topological polar surface area (TPSA) is 78.9 Å². The van der Waals surface area contributed by atoms with Crippen LogP contribution in [0.15, 0.2) is 12.2 Å². The van der Waals surface area contributed by atoms with Crippen molar-refractivity contribution in [2.45, 2.75) is 25.9 Å². The quantitative estimate of drug-likeness (QED) is 0.434. The van der Waals surface area contributed by atoms with E-state index in [4.69, 9.17) is 14.2 Å². The van der Waals surface area contributed by atoms with E-state index in [1.54, 1.807) is 0 Å². The lowest BCUT2D eigenvalue weighted by Crippen LogP contribution is -2.36. The lowest BCUT2D eigenvalue weighted by molar-refractivity contribution is -0.164. The normalized spacial score (nSPS) is 36.0. The van der Waals surface area contributed by atoms with Crippen LogP contribution < -0.4 is 0 Å². The fourth-order valence-electron chi connectivity index (χ4n) is 3.86. The Morgan fingerprint density at radius 1 is 1.33 bits per heavy atom. The Hall–Kier alpha value is -1.85. The molecule has 1 heterocycles. The average Bonchev–Trinajstić information content (AvgIpc) is 3.09. The Labute approximate surface area is 122 Å². The van der Waals surface area contributed by atoms with Gasteiger partial charge in [0.05, 0.1) is 12.5 Å². The van der Waals surface area contributed by atoms with Crippen LogP contribution in [0.25, 0.3) is 0 Å². The molecule has 0 N–H and O–H groups in total. The summed E-state index contributed by atoms with van der Waals surface area (Å²) in [6.45, 7) is 5.03. The average molecular weight is 294 g/mol. The lowest BCUT2D eigenvalue weighted by atomic mass is 9.80. The molecule has 6 heteroatoms. The minimum absolute atomic E-state index is 0.0517. The van der Waals surface area contributed by atoms with E-state index in [1.165, 1.54) is 6.92 Å². The van der Waals surface area contributed by atoms with Crippen molar-refractivity contribution in [2.24, 2.45) is 23.7 Å². The van der Waals surface area contributed by atoms with Crippen LogP contribution in [0.1, 0.15) is 19.8 Å². The Morgan fingerprint density at radius 2 is 2.10 bits per heavy atom. The second-order valence-electron chi connectivity index (χ2n) is 6.10. The van der Waals surface area contributed by atoms with Gasteiger partial charge in [0, 0.05) is 17.4 Å². The van der Waals surface area contributed by atoms with Crippen LogP contribution in [0.3, 0.4) is 0 Å². The molecule has 0 amide bonds. The summed E-state index contributed by atoms with van der Waals surface area (Å²) in [6, 6.07) is 0. The van der Waals surface area contributed by atoms with Crippen molar-refractivity contribution in [1.29, 1.82) is 0 Å². The van der Waals surface area contributed by atoms with Gasteiger partial charge in [-0.2, -0.15) is 0 Å². The molecular weight excluding hydrogens is 276 g/mol. The number of carbonyl (C=O) groups is 3. The zero-order chi connectivity index (χ0) is 15.1. The number of fused-ring (bicyclic) bond motifs is 5. The van der Waals surface area contributed by atoms with E-state index >= 15 is 0 Å². The van der Waals surface area contributed by atoms with Crippen molar-refractivity contribution < 1.29 is 28.6 Å². The number of carbonyl (C=O) groups excluding carboxylic acids is 3. The zero-order valence-electron chi connectivity index (χ0n) is 11.9. The van der Waals surface area contributed by atoms with E-state index in [0.29, 0.717) is 18.4 Å². The van der Waals surface area contributed by atoms with Crippen molar-refractivity contribution in [3.05, 3.63) is 12.2 Å². The summed E-state index contributed by atoms with van der Waals surface area (Å²) in [4.78, 5) is 34.7. The van der Waals surface area contributed by atoms with Gasteiger partial charge in [-0.05, 0) is 25.7 Å². The van der Waals surface area contributed by atoms with Gasteiger partial charge in [0.25, 0.3) is 0 Å². The molecule has 0 aromatic rings. The van der Waals surface area contributed by atoms with Gasteiger partial charge in [-0.15, -0.1) is 0 Å². The Kier molecular flexibility index (Phi) is 3.47. The summed E-state index contributed by atoms with van der Waals surface area (Å²) >= 11 is 0. The molecule has 6 nitrogen and oxygen atoms in total. The summed E-state index contributed by atoms with van der Waals surface area (Å²) in [5, 5.41) is 0. The molecule has 114 valence electrons. The third-order valence-corrected chi connectivity index (χ3v) is 4.76. The van der Waals surface area contributed by atoms with E-state index in [2.05, 4.69) is 6.58 Å². The molecule has 0 spiro atoms. The molecule has 1 saturated heterocycles. The van der Waals surface area contributed by atoms with Crippen molar-refractivity contribution in [2.75, 3.05) is 13.2 Å². The molecule has 3 fully saturated rings. The molecule has 2 aliphatic carbocycles. The predicted molar refractivity (Wildman–Crippen MR) is 69.8 cm³/mol. The molecular formula is C15H18O6. The molecule has 0 aromatic carbocycles. The molecule has 5 atom stereocenters. The van der Waals surface area contributed by atoms with E-state index in [1.807, 2.05) is 0 Å². The molecule has 2 saturated carbocycles. The molecule has 3 unspecified atom stereocenters. The zero-order valence-corrected chi connectivity index (χ0v) is 11.9. The first kappa shape index (κ1) is 14.1. The van der Waals surface area contributed by atoms with E-state index in [0.717, 1.165) is 12.8 Å². The maximum atomic E-state index is 11.7. The summed E-state index contributed by atoms with van der Waals surface area (Å²) in [7, 11) is 0. The second kappa shape index (κ2) is 5.16. The van der Waals surface area contributed by atoms with Gasteiger partial charge in [0.15, 0.2) is 6.61 Å². The van der Waals surface area contributed by atoms with Gasteiger partial charge in [-0.25, -0.2) is 9.59 Å². The fraction of sp³-hybridized carbons (Fsp3) is 0.667. The number of hydrogen-bond acceptors (Lipinski definition) is 6. The fourth-order valence-corrected chi connectivity index (χ4v) is 3.86. The molecule has 1 aliphatic heterocycles. The number of rotatable bonds is 4. The highest BCUT2D eigenvalue weighted by Crippen LogP contribution is 2.55. The minimum Gasteiger partial charge on any atom is -0.465 e. The monoisotopic (exact) mass is 294 g/mol. The predicted octanol–water partition coefficient (Wildman–Crippen LogP) is 0.846. The van der Waals surface area contributed by atoms with E-state index in [-0.39, 0.29) is 29.5 Å². The minimum atomic E-state index is -0.612. The van der Waals surface area contributed by atoms with Gasteiger partial charge >= 0.3 is 17.9 Å². The number of ether oxygens (including phenoxy) is 3. The van der Waals surface area contributed by atoms with Crippen LogP contribution in [-0.2, 0) is 28.6 Å². The smallest absolute Gasteiger partial charge is 0.344 e. The SMILES string of the molecule is C=C(C)C(=O)OCC(=O)OC1C[C@@H]2C[C@H]1C1C(=O)OCC12. The van der Waals surface area contributed by atoms with Gasteiger partial charge in [0.2, 0.25) is 0 Å².